The molecule has 62 valence electrons. The molecule has 2 N–H and O–H groups in total. The molecule has 0 aliphatic heterocycles. The maximum Gasteiger partial charge on any atom is 0.112 e. The Kier molecular flexibility index (Phi) is 2.52. The van der Waals surface area contributed by atoms with Gasteiger partial charge in [0, 0.05) is 5.38 Å². The molecule has 1 rings (SSSR count). The summed E-state index contributed by atoms with van der Waals surface area (Å²) in [6.45, 7) is 3.87. The molecular weight excluding hydrogens is 180 g/mol. The van der Waals surface area contributed by atoms with Gasteiger partial charge in [-0.15, -0.1) is 22.9 Å². The molecule has 0 saturated heterocycles. The van der Waals surface area contributed by atoms with E-state index in [0.29, 0.717) is 5.88 Å². The molecule has 0 aromatic carbocycles. The predicted molar refractivity (Wildman–Crippen MR) is 48.9 cm³/mol. The zero-order valence-corrected chi connectivity index (χ0v) is 8.17. The van der Waals surface area contributed by atoms with Gasteiger partial charge in [0.2, 0.25) is 0 Å². The molecule has 11 heavy (non-hydrogen) atoms. The Morgan fingerprint density at radius 1 is 1.73 bits per heavy atom. The standard InChI is InChI=1S/C7H11ClN2S/c1-7(2,9)6-10-5(3-8)4-11-6/h4H,3,9H2,1-2H3. The van der Waals surface area contributed by atoms with Crippen LogP contribution in [0.1, 0.15) is 24.5 Å². The molecule has 4 heteroatoms. The van der Waals surface area contributed by atoms with Gasteiger partial charge in [-0.05, 0) is 13.8 Å². The number of alkyl halides is 1. The first-order chi connectivity index (χ1) is 5.04. The molecule has 0 aliphatic carbocycles. The van der Waals surface area contributed by atoms with Gasteiger partial charge in [0.1, 0.15) is 5.01 Å². The minimum Gasteiger partial charge on any atom is -0.320 e. The van der Waals surface area contributed by atoms with E-state index in [0.717, 1.165) is 10.7 Å². The molecule has 0 fully saturated rings. The maximum absolute atomic E-state index is 5.83. The average Bonchev–Trinajstić information content (AvgIpc) is 2.32. The van der Waals surface area contributed by atoms with Gasteiger partial charge in [-0.2, -0.15) is 0 Å². The summed E-state index contributed by atoms with van der Waals surface area (Å²) in [5, 5.41) is 2.88. The molecule has 0 amide bonds. The van der Waals surface area contributed by atoms with Crippen molar-refractivity contribution in [3.63, 3.8) is 0 Å². The van der Waals surface area contributed by atoms with Crippen LogP contribution in [-0.4, -0.2) is 4.98 Å². The third kappa shape index (κ3) is 2.15. The number of nitrogens with zero attached hydrogens (tertiary/aromatic N) is 1. The van der Waals surface area contributed by atoms with Crippen molar-refractivity contribution in [3.05, 3.63) is 16.1 Å². The van der Waals surface area contributed by atoms with Crippen molar-refractivity contribution in [2.45, 2.75) is 25.3 Å². The molecule has 0 unspecified atom stereocenters. The molecule has 0 radical (unpaired) electrons. The summed E-state index contributed by atoms with van der Waals surface area (Å²) in [6.07, 6.45) is 0. The van der Waals surface area contributed by atoms with Crippen molar-refractivity contribution in [2.75, 3.05) is 0 Å². The quantitative estimate of drug-likeness (QED) is 0.726. The van der Waals surface area contributed by atoms with Gasteiger partial charge in [-0.3, -0.25) is 0 Å². The lowest BCUT2D eigenvalue weighted by atomic mass is 10.1. The number of halogens is 1. The summed E-state index contributed by atoms with van der Waals surface area (Å²) in [7, 11) is 0. The number of rotatable bonds is 2. The first kappa shape index (κ1) is 8.97. The SMILES string of the molecule is CC(C)(N)c1nc(CCl)cs1. The summed E-state index contributed by atoms with van der Waals surface area (Å²) in [5.74, 6) is 0.465. The lowest BCUT2D eigenvalue weighted by Crippen LogP contribution is -2.28. The Morgan fingerprint density at radius 2 is 2.36 bits per heavy atom. The van der Waals surface area contributed by atoms with Crippen LogP contribution in [0.4, 0.5) is 0 Å². The zero-order valence-electron chi connectivity index (χ0n) is 6.60. The maximum atomic E-state index is 5.83. The highest BCUT2D eigenvalue weighted by Gasteiger charge is 2.17. The Balaban J connectivity index is 2.89. The first-order valence-electron chi connectivity index (χ1n) is 3.34. The van der Waals surface area contributed by atoms with Gasteiger partial charge in [0.15, 0.2) is 0 Å². The van der Waals surface area contributed by atoms with Crippen LogP contribution in [-0.2, 0) is 11.4 Å². The van der Waals surface area contributed by atoms with Crippen molar-refractivity contribution in [1.29, 1.82) is 0 Å². The highest BCUT2D eigenvalue weighted by atomic mass is 35.5. The second-order valence-electron chi connectivity index (χ2n) is 3.00. The van der Waals surface area contributed by atoms with E-state index in [9.17, 15) is 0 Å². The van der Waals surface area contributed by atoms with Crippen molar-refractivity contribution in [2.24, 2.45) is 5.73 Å². The van der Waals surface area contributed by atoms with Gasteiger partial charge < -0.3 is 5.73 Å². The largest absolute Gasteiger partial charge is 0.320 e. The number of hydrogen-bond acceptors (Lipinski definition) is 3. The van der Waals surface area contributed by atoms with Crippen molar-refractivity contribution in [3.8, 4) is 0 Å². The average molecular weight is 191 g/mol. The zero-order chi connectivity index (χ0) is 8.48. The Hall–Kier alpha value is -0.120. The normalized spacial score (nSPS) is 12.0. The van der Waals surface area contributed by atoms with E-state index in [2.05, 4.69) is 4.98 Å². The molecule has 1 aromatic rings. The fourth-order valence-electron chi connectivity index (χ4n) is 0.664. The minimum absolute atomic E-state index is 0.338. The van der Waals surface area contributed by atoms with Crippen LogP contribution in [0.25, 0.3) is 0 Å². The Bertz CT molecular complexity index is 239. The molecule has 0 atom stereocenters. The summed E-state index contributed by atoms with van der Waals surface area (Å²) in [5.41, 5.74) is 6.40. The molecule has 0 bridgehead atoms. The second-order valence-corrected chi connectivity index (χ2v) is 4.12. The van der Waals surface area contributed by atoms with Crippen LogP contribution in [0.2, 0.25) is 0 Å². The Morgan fingerprint density at radius 3 is 2.64 bits per heavy atom. The summed E-state index contributed by atoms with van der Waals surface area (Å²) >= 11 is 7.15. The summed E-state index contributed by atoms with van der Waals surface area (Å²) in [6, 6.07) is 0. The Labute approximate surface area is 75.4 Å². The predicted octanol–water partition coefficient (Wildman–Crippen LogP) is 2.08. The van der Waals surface area contributed by atoms with Crippen LogP contribution < -0.4 is 5.73 Å². The molecular formula is C7H11ClN2S. The third-order valence-electron chi connectivity index (χ3n) is 1.24. The van der Waals surface area contributed by atoms with Gasteiger partial charge in [0.25, 0.3) is 0 Å². The van der Waals surface area contributed by atoms with E-state index in [1.54, 1.807) is 11.3 Å². The fraction of sp³-hybridized carbons (Fsp3) is 0.571. The molecule has 2 nitrogen and oxygen atoms in total. The lowest BCUT2D eigenvalue weighted by molar-refractivity contribution is 0.549. The smallest absolute Gasteiger partial charge is 0.112 e. The van der Waals surface area contributed by atoms with Crippen LogP contribution in [0.3, 0.4) is 0 Å². The lowest BCUT2D eigenvalue weighted by Gasteiger charge is -2.13. The second kappa shape index (κ2) is 3.09. The third-order valence-corrected chi connectivity index (χ3v) is 2.74. The summed E-state index contributed by atoms with van der Waals surface area (Å²) < 4.78 is 0. The van der Waals surface area contributed by atoms with Gasteiger partial charge in [0.05, 0.1) is 17.1 Å². The van der Waals surface area contributed by atoms with Crippen LogP contribution in [0.15, 0.2) is 5.38 Å². The van der Waals surface area contributed by atoms with Crippen molar-refractivity contribution >= 4 is 22.9 Å². The highest BCUT2D eigenvalue weighted by molar-refractivity contribution is 7.09. The van der Waals surface area contributed by atoms with E-state index in [4.69, 9.17) is 17.3 Å². The molecule has 1 aromatic heterocycles. The summed E-state index contributed by atoms with van der Waals surface area (Å²) in [4.78, 5) is 4.26. The van der Waals surface area contributed by atoms with E-state index in [-0.39, 0.29) is 5.54 Å². The van der Waals surface area contributed by atoms with E-state index < -0.39 is 0 Å². The van der Waals surface area contributed by atoms with Gasteiger partial charge >= 0.3 is 0 Å². The number of nitrogens with two attached hydrogens (primary N) is 1. The highest BCUT2D eigenvalue weighted by Crippen LogP contribution is 2.21. The van der Waals surface area contributed by atoms with Crippen molar-refractivity contribution < 1.29 is 0 Å². The molecule has 0 spiro atoms. The van der Waals surface area contributed by atoms with Crippen LogP contribution in [0.5, 0.6) is 0 Å². The number of thiazole rings is 1. The monoisotopic (exact) mass is 190 g/mol. The molecule has 0 saturated carbocycles. The van der Waals surface area contributed by atoms with Crippen LogP contribution >= 0.6 is 22.9 Å². The van der Waals surface area contributed by atoms with E-state index >= 15 is 0 Å². The topological polar surface area (TPSA) is 38.9 Å². The molecule has 1 heterocycles. The van der Waals surface area contributed by atoms with Gasteiger partial charge in [-0.25, -0.2) is 4.98 Å². The van der Waals surface area contributed by atoms with Gasteiger partial charge in [-0.1, -0.05) is 0 Å². The number of aromatic nitrogens is 1. The fourth-order valence-corrected chi connectivity index (χ4v) is 1.75. The van der Waals surface area contributed by atoms with E-state index in [1.807, 2.05) is 19.2 Å². The first-order valence-corrected chi connectivity index (χ1v) is 4.75. The van der Waals surface area contributed by atoms with E-state index in [1.165, 1.54) is 0 Å². The minimum atomic E-state index is -0.338. The molecule has 0 aliphatic rings. The van der Waals surface area contributed by atoms with Crippen LogP contribution in [0, 0.1) is 0 Å². The van der Waals surface area contributed by atoms with Crippen molar-refractivity contribution in [1.82, 2.24) is 4.98 Å². The number of hydrogen-bond donors (Lipinski definition) is 1.